The summed E-state index contributed by atoms with van der Waals surface area (Å²) in [6.45, 7) is 3.06. The molecule has 1 aliphatic rings. The van der Waals surface area contributed by atoms with Crippen LogP contribution >= 0.6 is 11.6 Å². The summed E-state index contributed by atoms with van der Waals surface area (Å²) in [4.78, 5) is 18.6. The summed E-state index contributed by atoms with van der Waals surface area (Å²) in [5.41, 5.74) is 5.29. The molecule has 0 atom stereocenters. The van der Waals surface area contributed by atoms with E-state index in [1.807, 2.05) is 13.0 Å². The molecule has 0 saturated heterocycles. The van der Waals surface area contributed by atoms with Crippen LogP contribution in [0.3, 0.4) is 0 Å². The fraction of sp³-hybridized carbons (Fsp3) is 0.192. The van der Waals surface area contributed by atoms with Gasteiger partial charge in [0.25, 0.3) is 15.9 Å². The number of carbonyl (C=O) groups excluding carboxylic acids is 1. The lowest BCUT2D eigenvalue weighted by Gasteiger charge is -2.28. The van der Waals surface area contributed by atoms with Crippen LogP contribution in [0.1, 0.15) is 27.2 Å². The lowest BCUT2D eigenvalue weighted by atomic mass is 10.0. The number of nitrogens with one attached hydrogen (secondary N) is 1. The van der Waals surface area contributed by atoms with E-state index in [1.54, 1.807) is 35.2 Å². The zero-order valence-electron chi connectivity index (χ0n) is 18.9. The van der Waals surface area contributed by atoms with Crippen molar-refractivity contribution in [3.05, 3.63) is 94.1 Å². The molecule has 0 unspecified atom stereocenters. The minimum absolute atomic E-state index is 0.0763. The number of hydrogen-bond acceptors (Lipinski definition) is 3. The van der Waals surface area contributed by atoms with Crippen LogP contribution in [0.2, 0.25) is 5.02 Å². The standard InChI is InChI=1S/C26H24ClN3O3S/c1-17-8-11-23-20(14-17)21-16-30(13-12-24(21)28-23)26(31)18-9-10-22(27)25(15-18)34(32,33)29(2)19-6-4-3-5-7-19/h3-11,14-15,28H,12-13,16H2,1-2H3. The molecule has 0 spiro atoms. The molecular formula is C26H24ClN3O3S. The molecule has 1 aromatic heterocycles. The SMILES string of the molecule is Cc1ccc2[nH]c3c(c2c1)CN(C(=O)c1ccc(Cl)c(S(=O)(=O)N(C)c2ccccc2)c1)CC3. The van der Waals surface area contributed by atoms with Crippen molar-refractivity contribution in [2.24, 2.45) is 0 Å². The van der Waals surface area contributed by atoms with E-state index in [0.717, 1.165) is 27.7 Å². The Labute approximate surface area is 203 Å². The van der Waals surface area contributed by atoms with Crippen LogP contribution < -0.4 is 4.31 Å². The van der Waals surface area contributed by atoms with Crippen molar-refractivity contribution < 1.29 is 13.2 Å². The van der Waals surface area contributed by atoms with Crippen molar-refractivity contribution in [3.63, 3.8) is 0 Å². The quantitative estimate of drug-likeness (QED) is 0.427. The molecule has 0 radical (unpaired) electrons. The van der Waals surface area contributed by atoms with Crippen molar-refractivity contribution >= 4 is 44.1 Å². The Kier molecular flexibility index (Phi) is 5.62. The van der Waals surface area contributed by atoms with Gasteiger partial charge in [0.2, 0.25) is 0 Å². The number of rotatable bonds is 4. The van der Waals surface area contributed by atoms with Gasteiger partial charge in [-0.1, -0.05) is 41.4 Å². The van der Waals surface area contributed by atoms with E-state index in [-0.39, 0.29) is 15.8 Å². The van der Waals surface area contributed by atoms with Gasteiger partial charge in [-0.15, -0.1) is 0 Å². The minimum atomic E-state index is -3.96. The Morgan fingerprint density at radius 3 is 2.59 bits per heavy atom. The number of halogens is 1. The second-order valence-corrected chi connectivity index (χ2v) is 10.9. The molecule has 174 valence electrons. The van der Waals surface area contributed by atoms with E-state index < -0.39 is 10.0 Å². The molecule has 5 rings (SSSR count). The summed E-state index contributed by atoms with van der Waals surface area (Å²) in [5, 5.41) is 1.20. The Morgan fingerprint density at radius 1 is 1.06 bits per heavy atom. The van der Waals surface area contributed by atoms with Gasteiger partial charge in [-0.3, -0.25) is 9.10 Å². The normalized spacial score (nSPS) is 13.7. The molecule has 0 bridgehead atoms. The lowest BCUT2D eigenvalue weighted by molar-refractivity contribution is 0.0735. The number of fused-ring (bicyclic) bond motifs is 3. The average Bonchev–Trinajstić information content (AvgIpc) is 3.21. The topological polar surface area (TPSA) is 73.5 Å². The summed E-state index contributed by atoms with van der Waals surface area (Å²) >= 11 is 6.30. The average molecular weight is 494 g/mol. The number of aromatic nitrogens is 1. The summed E-state index contributed by atoms with van der Waals surface area (Å²) < 4.78 is 27.8. The molecular weight excluding hydrogens is 470 g/mol. The zero-order chi connectivity index (χ0) is 24.0. The number of H-pyrrole nitrogens is 1. The van der Waals surface area contributed by atoms with Crippen LogP contribution in [-0.2, 0) is 23.0 Å². The number of aryl methyl sites for hydroxylation is 1. The number of aromatic amines is 1. The molecule has 0 saturated carbocycles. The highest BCUT2D eigenvalue weighted by atomic mass is 35.5. The largest absolute Gasteiger partial charge is 0.358 e. The van der Waals surface area contributed by atoms with Crippen LogP contribution in [0, 0.1) is 6.92 Å². The maximum Gasteiger partial charge on any atom is 0.265 e. The maximum absolute atomic E-state index is 13.4. The van der Waals surface area contributed by atoms with Gasteiger partial charge in [0.1, 0.15) is 4.90 Å². The van der Waals surface area contributed by atoms with E-state index in [9.17, 15) is 13.2 Å². The van der Waals surface area contributed by atoms with Gasteiger partial charge in [-0.2, -0.15) is 0 Å². The third kappa shape index (κ3) is 3.85. The smallest absolute Gasteiger partial charge is 0.265 e. The molecule has 0 aliphatic carbocycles. The van der Waals surface area contributed by atoms with Crippen molar-refractivity contribution in [2.45, 2.75) is 24.8 Å². The Hall–Kier alpha value is -3.29. The second-order valence-electron chi connectivity index (χ2n) is 8.56. The van der Waals surface area contributed by atoms with E-state index in [0.29, 0.717) is 30.8 Å². The summed E-state index contributed by atoms with van der Waals surface area (Å²) in [6, 6.07) is 19.5. The number of benzene rings is 3. The van der Waals surface area contributed by atoms with Crippen molar-refractivity contribution in [1.29, 1.82) is 0 Å². The molecule has 1 aliphatic heterocycles. The number of anilines is 1. The van der Waals surface area contributed by atoms with Crippen molar-refractivity contribution in [1.82, 2.24) is 9.88 Å². The van der Waals surface area contributed by atoms with Gasteiger partial charge in [0.05, 0.1) is 10.7 Å². The predicted molar refractivity (Wildman–Crippen MR) is 135 cm³/mol. The third-order valence-corrected chi connectivity index (χ3v) is 8.62. The highest BCUT2D eigenvalue weighted by molar-refractivity contribution is 7.93. The molecule has 2 heterocycles. The Morgan fingerprint density at radius 2 is 1.82 bits per heavy atom. The zero-order valence-corrected chi connectivity index (χ0v) is 20.4. The number of nitrogens with zero attached hydrogens (tertiary/aromatic N) is 2. The first-order valence-electron chi connectivity index (χ1n) is 11.0. The van der Waals surface area contributed by atoms with Gasteiger partial charge < -0.3 is 9.88 Å². The highest BCUT2D eigenvalue weighted by Gasteiger charge is 2.28. The van der Waals surface area contributed by atoms with E-state index in [1.165, 1.54) is 23.5 Å². The molecule has 1 amide bonds. The molecule has 6 nitrogen and oxygen atoms in total. The first kappa shape index (κ1) is 22.5. The predicted octanol–water partition coefficient (Wildman–Crippen LogP) is 5.15. The van der Waals surface area contributed by atoms with Gasteiger partial charge in [-0.25, -0.2) is 8.42 Å². The van der Waals surface area contributed by atoms with E-state index in [4.69, 9.17) is 11.6 Å². The fourth-order valence-electron chi connectivity index (χ4n) is 4.44. The first-order chi connectivity index (χ1) is 16.3. The van der Waals surface area contributed by atoms with Crippen LogP contribution in [-0.4, -0.2) is 37.8 Å². The molecule has 3 aromatic carbocycles. The van der Waals surface area contributed by atoms with Crippen LogP contribution in [0.25, 0.3) is 10.9 Å². The van der Waals surface area contributed by atoms with Crippen molar-refractivity contribution in [2.75, 3.05) is 17.9 Å². The second kappa shape index (κ2) is 8.49. The Bertz CT molecular complexity index is 1510. The molecule has 1 N–H and O–H groups in total. The van der Waals surface area contributed by atoms with Crippen LogP contribution in [0.5, 0.6) is 0 Å². The maximum atomic E-state index is 13.4. The summed E-state index contributed by atoms with van der Waals surface area (Å²) in [5.74, 6) is -0.219. The van der Waals surface area contributed by atoms with E-state index >= 15 is 0 Å². The molecule has 34 heavy (non-hydrogen) atoms. The third-order valence-electron chi connectivity index (χ3n) is 6.35. The highest BCUT2D eigenvalue weighted by Crippen LogP contribution is 2.31. The molecule has 8 heteroatoms. The van der Waals surface area contributed by atoms with Gasteiger partial charge in [0.15, 0.2) is 0 Å². The van der Waals surface area contributed by atoms with Crippen LogP contribution in [0.15, 0.2) is 71.6 Å². The van der Waals surface area contributed by atoms with Gasteiger partial charge in [0, 0.05) is 54.3 Å². The monoisotopic (exact) mass is 493 g/mol. The summed E-state index contributed by atoms with van der Waals surface area (Å²) in [7, 11) is -2.48. The lowest BCUT2D eigenvalue weighted by Crippen LogP contribution is -2.36. The summed E-state index contributed by atoms with van der Waals surface area (Å²) in [6.07, 6.45) is 0.713. The number of carbonyl (C=O) groups is 1. The molecule has 4 aromatic rings. The van der Waals surface area contributed by atoms with E-state index in [2.05, 4.69) is 23.2 Å². The minimum Gasteiger partial charge on any atom is -0.358 e. The van der Waals surface area contributed by atoms with Crippen LogP contribution in [0.4, 0.5) is 5.69 Å². The molecule has 0 fully saturated rings. The number of para-hydroxylation sites is 1. The number of amides is 1. The number of sulfonamides is 1. The fourth-order valence-corrected chi connectivity index (χ4v) is 6.14. The van der Waals surface area contributed by atoms with Crippen molar-refractivity contribution in [3.8, 4) is 0 Å². The van der Waals surface area contributed by atoms with Gasteiger partial charge >= 0.3 is 0 Å². The first-order valence-corrected chi connectivity index (χ1v) is 12.8. The Balaban J connectivity index is 1.46. The number of hydrogen-bond donors (Lipinski definition) is 1. The van der Waals surface area contributed by atoms with Gasteiger partial charge in [-0.05, 0) is 49.4 Å².